The summed E-state index contributed by atoms with van der Waals surface area (Å²) in [7, 11) is 0. The number of rotatable bonds is 5. The molecule has 0 radical (unpaired) electrons. The normalized spacial score (nSPS) is 16.2. The summed E-state index contributed by atoms with van der Waals surface area (Å²) in [5.41, 5.74) is 5.43. The van der Waals surface area contributed by atoms with Crippen LogP contribution in [0.5, 0.6) is 0 Å². The third-order valence-electron chi connectivity index (χ3n) is 6.22. The highest BCUT2D eigenvalue weighted by atomic mass is 16.5. The van der Waals surface area contributed by atoms with E-state index in [0.717, 1.165) is 34.4 Å². The minimum absolute atomic E-state index is 0.00470. The Morgan fingerprint density at radius 3 is 2.74 bits per heavy atom. The summed E-state index contributed by atoms with van der Waals surface area (Å²) in [4.78, 5) is 28.7. The van der Waals surface area contributed by atoms with Crippen molar-refractivity contribution in [2.75, 3.05) is 31.6 Å². The zero-order valence-electron chi connectivity index (χ0n) is 20.1. The molecular formula is C28H29N5O2. The summed E-state index contributed by atoms with van der Waals surface area (Å²) in [6.45, 7) is 6.26. The number of aryl methyl sites for hydroxylation is 2. The zero-order valence-corrected chi connectivity index (χ0v) is 20.1. The maximum absolute atomic E-state index is 13.5. The maximum Gasteiger partial charge on any atom is 0.254 e. The van der Waals surface area contributed by atoms with Gasteiger partial charge in [-0.3, -0.25) is 9.78 Å². The van der Waals surface area contributed by atoms with Crippen LogP contribution in [0.15, 0.2) is 66.9 Å². The highest BCUT2D eigenvalue weighted by Crippen LogP contribution is 2.23. The molecule has 1 aliphatic heterocycles. The molecule has 35 heavy (non-hydrogen) atoms. The van der Waals surface area contributed by atoms with E-state index >= 15 is 0 Å². The van der Waals surface area contributed by atoms with E-state index in [9.17, 15) is 4.79 Å². The molecule has 4 aromatic rings. The first-order valence-corrected chi connectivity index (χ1v) is 11.9. The second-order valence-electron chi connectivity index (χ2n) is 9.06. The summed E-state index contributed by atoms with van der Waals surface area (Å²) in [5, 5.41) is 4.39. The third kappa shape index (κ3) is 5.46. The summed E-state index contributed by atoms with van der Waals surface area (Å²) in [6, 6.07) is 19.7. The number of carbonyl (C=O) groups excluding carboxylic acids is 1. The molecule has 0 saturated carbocycles. The van der Waals surface area contributed by atoms with E-state index in [1.807, 2.05) is 73.5 Å². The summed E-state index contributed by atoms with van der Waals surface area (Å²) in [5.74, 6) is 0.738. The van der Waals surface area contributed by atoms with E-state index in [2.05, 4.69) is 32.4 Å². The van der Waals surface area contributed by atoms with Crippen molar-refractivity contribution in [1.82, 2.24) is 19.9 Å². The van der Waals surface area contributed by atoms with E-state index in [1.165, 1.54) is 5.56 Å². The van der Waals surface area contributed by atoms with Gasteiger partial charge in [-0.05, 0) is 62.2 Å². The first-order chi connectivity index (χ1) is 17.0. The van der Waals surface area contributed by atoms with Crippen LogP contribution in [-0.2, 0) is 11.2 Å². The molecule has 7 heteroatoms. The van der Waals surface area contributed by atoms with Gasteiger partial charge in [0.05, 0.1) is 18.7 Å². The van der Waals surface area contributed by atoms with Crippen molar-refractivity contribution in [3.05, 3.63) is 89.4 Å². The van der Waals surface area contributed by atoms with Crippen LogP contribution in [0.3, 0.4) is 0 Å². The fraction of sp³-hybridized carbons (Fsp3) is 0.286. The number of aromatic nitrogens is 3. The molecule has 1 aliphatic rings. The second-order valence-corrected chi connectivity index (χ2v) is 9.06. The number of nitrogens with zero attached hydrogens (tertiary/aromatic N) is 4. The molecule has 2 aromatic heterocycles. The van der Waals surface area contributed by atoms with Crippen molar-refractivity contribution in [2.24, 2.45) is 5.92 Å². The molecule has 0 aliphatic carbocycles. The molecule has 3 heterocycles. The van der Waals surface area contributed by atoms with Crippen LogP contribution < -0.4 is 5.32 Å². The molecule has 2 aromatic carbocycles. The summed E-state index contributed by atoms with van der Waals surface area (Å²) < 4.78 is 5.89. The fourth-order valence-electron chi connectivity index (χ4n) is 4.67. The van der Waals surface area contributed by atoms with Gasteiger partial charge in [0.1, 0.15) is 0 Å². The molecule has 1 amide bonds. The molecule has 1 saturated heterocycles. The van der Waals surface area contributed by atoms with Crippen molar-refractivity contribution in [1.29, 1.82) is 0 Å². The van der Waals surface area contributed by atoms with Crippen LogP contribution in [0.4, 0.5) is 11.6 Å². The number of amides is 1. The Labute approximate surface area is 205 Å². The monoisotopic (exact) mass is 467 g/mol. The molecular weight excluding hydrogens is 438 g/mol. The van der Waals surface area contributed by atoms with Gasteiger partial charge in [-0.1, -0.05) is 24.3 Å². The number of hydrogen-bond donors (Lipinski definition) is 1. The lowest BCUT2D eigenvalue weighted by atomic mass is 9.96. The molecule has 0 spiro atoms. The van der Waals surface area contributed by atoms with Gasteiger partial charge in [0.25, 0.3) is 5.91 Å². The van der Waals surface area contributed by atoms with Crippen molar-refractivity contribution in [2.45, 2.75) is 20.3 Å². The van der Waals surface area contributed by atoms with Crippen molar-refractivity contribution in [3.63, 3.8) is 0 Å². The highest BCUT2D eigenvalue weighted by molar-refractivity contribution is 5.95. The Morgan fingerprint density at radius 2 is 1.89 bits per heavy atom. The standard InChI is InChI=1S/C28H29N5O2/c1-19-14-20(2)31-28(30-19)32-24-8-3-7-23(16-24)27(34)33-12-13-35-18-21(17-33)15-22-6-4-10-26-25(22)9-5-11-29-26/h3-11,14,16,21H,12-13,15,17-18H2,1-2H3,(H,30,31,32). The van der Waals surface area contributed by atoms with Gasteiger partial charge >= 0.3 is 0 Å². The molecule has 178 valence electrons. The van der Waals surface area contributed by atoms with E-state index in [1.54, 1.807) is 0 Å². The molecule has 1 atom stereocenters. The number of benzene rings is 2. The first-order valence-electron chi connectivity index (χ1n) is 11.9. The van der Waals surface area contributed by atoms with Gasteiger partial charge in [0, 0.05) is 53.2 Å². The van der Waals surface area contributed by atoms with E-state index in [0.29, 0.717) is 37.8 Å². The van der Waals surface area contributed by atoms with Crippen LogP contribution in [0.2, 0.25) is 0 Å². The summed E-state index contributed by atoms with van der Waals surface area (Å²) >= 11 is 0. The van der Waals surface area contributed by atoms with Crippen molar-refractivity contribution in [3.8, 4) is 0 Å². The highest BCUT2D eigenvalue weighted by Gasteiger charge is 2.24. The second kappa shape index (κ2) is 10.2. The lowest BCUT2D eigenvalue weighted by Crippen LogP contribution is -2.36. The van der Waals surface area contributed by atoms with Crippen LogP contribution in [0.25, 0.3) is 10.9 Å². The minimum Gasteiger partial charge on any atom is -0.379 e. The van der Waals surface area contributed by atoms with Crippen LogP contribution >= 0.6 is 0 Å². The summed E-state index contributed by atoms with van der Waals surface area (Å²) in [6.07, 6.45) is 2.65. The van der Waals surface area contributed by atoms with Gasteiger partial charge in [-0.25, -0.2) is 9.97 Å². The molecule has 7 nitrogen and oxygen atoms in total. The van der Waals surface area contributed by atoms with Crippen LogP contribution in [0.1, 0.15) is 27.3 Å². The number of anilines is 2. The first kappa shape index (κ1) is 22.9. The minimum atomic E-state index is 0.00470. The number of fused-ring (bicyclic) bond motifs is 1. The van der Waals surface area contributed by atoms with Crippen molar-refractivity contribution < 1.29 is 9.53 Å². The van der Waals surface area contributed by atoms with E-state index in [4.69, 9.17) is 4.74 Å². The van der Waals surface area contributed by atoms with Gasteiger partial charge < -0.3 is 15.0 Å². The lowest BCUT2D eigenvalue weighted by molar-refractivity contribution is 0.0737. The number of nitrogens with one attached hydrogen (secondary N) is 1. The fourth-order valence-corrected chi connectivity index (χ4v) is 4.67. The number of pyridine rings is 1. The Kier molecular flexibility index (Phi) is 6.68. The molecule has 5 rings (SSSR count). The molecule has 1 unspecified atom stereocenters. The van der Waals surface area contributed by atoms with Gasteiger partial charge in [-0.15, -0.1) is 0 Å². The topological polar surface area (TPSA) is 80.2 Å². The predicted octanol–water partition coefficient (Wildman–Crippen LogP) is 4.72. The molecule has 1 N–H and O–H groups in total. The van der Waals surface area contributed by atoms with E-state index < -0.39 is 0 Å². The largest absolute Gasteiger partial charge is 0.379 e. The van der Waals surface area contributed by atoms with Crippen LogP contribution in [-0.4, -0.2) is 52.1 Å². The quantitative estimate of drug-likeness (QED) is 0.458. The Hall–Kier alpha value is -3.84. The smallest absolute Gasteiger partial charge is 0.254 e. The van der Waals surface area contributed by atoms with Gasteiger partial charge in [0.2, 0.25) is 5.95 Å². The average Bonchev–Trinajstić information content (AvgIpc) is 3.09. The SMILES string of the molecule is Cc1cc(C)nc(Nc2cccc(C(=O)N3CCOCC(Cc4cccc5ncccc45)C3)c2)n1. The number of carbonyl (C=O) groups is 1. The van der Waals surface area contributed by atoms with Gasteiger partial charge in [-0.2, -0.15) is 0 Å². The maximum atomic E-state index is 13.5. The average molecular weight is 468 g/mol. The zero-order chi connectivity index (χ0) is 24.2. The third-order valence-corrected chi connectivity index (χ3v) is 6.22. The van der Waals surface area contributed by atoms with Crippen molar-refractivity contribution >= 4 is 28.4 Å². The Morgan fingerprint density at radius 1 is 1.06 bits per heavy atom. The number of ether oxygens (including phenoxy) is 1. The van der Waals surface area contributed by atoms with Gasteiger partial charge in [0.15, 0.2) is 0 Å². The molecule has 1 fully saturated rings. The molecule has 0 bridgehead atoms. The van der Waals surface area contributed by atoms with Crippen LogP contribution in [0, 0.1) is 19.8 Å². The predicted molar refractivity (Wildman–Crippen MR) is 137 cm³/mol. The Balaban J connectivity index is 1.32. The lowest BCUT2D eigenvalue weighted by Gasteiger charge is -2.24. The van der Waals surface area contributed by atoms with E-state index in [-0.39, 0.29) is 11.8 Å². The number of hydrogen-bond acceptors (Lipinski definition) is 6. The Bertz CT molecular complexity index is 1330.